The van der Waals surface area contributed by atoms with Gasteiger partial charge < -0.3 is 10.1 Å². The molecule has 0 saturated heterocycles. The molecule has 0 radical (unpaired) electrons. The van der Waals surface area contributed by atoms with Gasteiger partial charge in [0.15, 0.2) is 0 Å². The van der Waals surface area contributed by atoms with Crippen LogP contribution in [0.25, 0.3) is 0 Å². The molecule has 1 N–H and O–H groups in total. The van der Waals surface area contributed by atoms with E-state index in [0.29, 0.717) is 15.7 Å². The van der Waals surface area contributed by atoms with Crippen LogP contribution in [0, 0.1) is 0 Å². The predicted octanol–water partition coefficient (Wildman–Crippen LogP) is 3.75. The van der Waals surface area contributed by atoms with Gasteiger partial charge in [-0.1, -0.05) is 23.2 Å². The molecule has 0 fully saturated rings. The number of rotatable bonds is 3. The monoisotopic (exact) mass is 275 g/mol. The van der Waals surface area contributed by atoms with E-state index in [1.54, 1.807) is 18.2 Å². The van der Waals surface area contributed by atoms with Gasteiger partial charge in [-0.3, -0.25) is 4.79 Å². The quantitative estimate of drug-likeness (QED) is 0.913. The Kier molecular flexibility index (Phi) is 4.80. The summed E-state index contributed by atoms with van der Waals surface area (Å²) in [6, 6.07) is 4.88. The number of benzene rings is 1. The zero-order valence-corrected chi connectivity index (χ0v) is 11.5. The number of halogens is 2. The highest BCUT2D eigenvalue weighted by Gasteiger charge is 2.13. The third-order valence-electron chi connectivity index (χ3n) is 1.84. The lowest BCUT2D eigenvalue weighted by molar-refractivity contribution is -0.125. The minimum absolute atomic E-state index is 0.0215. The van der Waals surface area contributed by atoms with Crippen LogP contribution in [0.3, 0.4) is 0 Å². The summed E-state index contributed by atoms with van der Waals surface area (Å²) < 4.78 is 5.35. The van der Waals surface area contributed by atoms with Gasteiger partial charge in [0.1, 0.15) is 6.61 Å². The maximum absolute atomic E-state index is 11.6. The molecule has 0 atom stereocenters. The third kappa shape index (κ3) is 5.39. The van der Waals surface area contributed by atoms with Gasteiger partial charge in [0.2, 0.25) is 5.91 Å². The van der Waals surface area contributed by atoms with Crippen LogP contribution in [0.2, 0.25) is 10.0 Å². The van der Waals surface area contributed by atoms with E-state index < -0.39 is 0 Å². The second kappa shape index (κ2) is 5.71. The molecule has 3 nitrogen and oxygen atoms in total. The Bertz CT molecular complexity index is 413. The number of hydrogen-bond acceptors (Lipinski definition) is 2. The molecule has 0 spiro atoms. The maximum atomic E-state index is 11.6. The Morgan fingerprint density at radius 3 is 2.59 bits per heavy atom. The molecule has 1 amide bonds. The highest BCUT2D eigenvalue weighted by molar-refractivity contribution is 6.35. The molecule has 0 heterocycles. The normalized spacial score (nSPS) is 11.4. The minimum Gasteiger partial charge on any atom is -0.366 e. The van der Waals surface area contributed by atoms with Gasteiger partial charge in [0.25, 0.3) is 0 Å². The van der Waals surface area contributed by atoms with Crippen LogP contribution in [-0.2, 0) is 9.53 Å². The Labute approximate surface area is 111 Å². The first-order valence-electron chi connectivity index (χ1n) is 5.17. The zero-order valence-electron chi connectivity index (χ0n) is 10.0. The van der Waals surface area contributed by atoms with E-state index in [1.807, 2.05) is 20.8 Å². The van der Waals surface area contributed by atoms with Crippen molar-refractivity contribution in [3.05, 3.63) is 28.2 Å². The van der Waals surface area contributed by atoms with Crippen molar-refractivity contribution >= 4 is 34.8 Å². The third-order valence-corrected chi connectivity index (χ3v) is 2.40. The van der Waals surface area contributed by atoms with E-state index in [1.165, 1.54) is 0 Å². The number of anilines is 1. The van der Waals surface area contributed by atoms with Gasteiger partial charge in [-0.15, -0.1) is 0 Å². The fourth-order valence-electron chi connectivity index (χ4n) is 1.06. The summed E-state index contributed by atoms with van der Waals surface area (Å²) in [6.07, 6.45) is 0. The second-order valence-electron chi connectivity index (χ2n) is 4.57. The van der Waals surface area contributed by atoms with Crippen molar-refractivity contribution in [1.82, 2.24) is 0 Å². The van der Waals surface area contributed by atoms with Gasteiger partial charge in [0.05, 0.1) is 16.3 Å². The smallest absolute Gasteiger partial charge is 0.250 e. The van der Waals surface area contributed by atoms with E-state index in [0.717, 1.165) is 0 Å². The fourth-order valence-corrected chi connectivity index (χ4v) is 1.40. The molecule has 0 aromatic heterocycles. The molecule has 5 heteroatoms. The first-order valence-corrected chi connectivity index (χ1v) is 5.92. The molecule has 94 valence electrons. The summed E-state index contributed by atoms with van der Waals surface area (Å²) >= 11 is 11.7. The molecule has 1 aromatic rings. The molecule has 0 saturated carbocycles. The first kappa shape index (κ1) is 14.3. The second-order valence-corrected chi connectivity index (χ2v) is 5.42. The lowest BCUT2D eigenvalue weighted by Gasteiger charge is -2.19. The highest BCUT2D eigenvalue weighted by atomic mass is 35.5. The topological polar surface area (TPSA) is 38.3 Å². The first-order chi connectivity index (χ1) is 7.78. The molecule has 0 unspecified atom stereocenters. The van der Waals surface area contributed by atoms with Crippen molar-refractivity contribution in [1.29, 1.82) is 0 Å². The Balaban J connectivity index is 2.59. The SMILES string of the molecule is CC(C)(C)OCC(=O)Nc1cc(Cl)ccc1Cl. The summed E-state index contributed by atoms with van der Waals surface area (Å²) in [5.41, 5.74) is 0.136. The molecule has 0 aliphatic heterocycles. The van der Waals surface area contributed by atoms with Crippen LogP contribution in [0.15, 0.2) is 18.2 Å². The van der Waals surface area contributed by atoms with Gasteiger partial charge in [0, 0.05) is 5.02 Å². The van der Waals surface area contributed by atoms with E-state index in [9.17, 15) is 4.79 Å². The van der Waals surface area contributed by atoms with Crippen LogP contribution >= 0.6 is 23.2 Å². The number of nitrogens with one attached hydrogen (secondary N) is 1. The van der Waals surface area contributed by atoms with E-state index >= 15 is 0 Å². The van der Waals surface area contributed by atoms with Gasteiger partial charge in [-0.2, -0.15) is 0 Å². The van der Waals surface area contributed by atoms with Crippen LogP contribution in [0.1, 0.15) is 20.8 Å². The van der Waals surface area contributed by atoms with Crippen LogP contribution < -0.4 is 5.32 Å². The fraction of sp³-hybridized carbons (Fsp3) is 0.417. The number of amides is 1. The molecular formula is C12H15Cl2NO2. The van der Waals surface area contributed by atoms with Crippen molar-refractivity contribution in [3.8, 4) is 0 Å². The lowest BCUT2D eigenvalue weighted by Crippen LogP contribution is -2.27. The Hall–Kier alpha value is -0.770. The molecular weight excluding hydrogens is 261 g/mol. The number of carbonyl (C=O) groups is 1. The van der Waals surface area contributed by atoms with Crippen LogP contribution in [0.4, 0.5) is 5.69 Å². The highest BCUT2D eigenvalue weighted by Crippen LogP contribution is 2.25. The van der Waals surface area contributed by atoms with Crippen molar-refractivity contribution in [3.63, 3.8) is 0 Å². The number of ether oxygens (including phenoxy) is 1. The van der Waals surface area contributed by atoms with Crippen molar-refractivity contribution in [2.75, 3.05) is 11.9 Å². The minimum atomic E-state index is -0.352. The van der Waals surface area contributed by atoms with Gasteiger partial charge in [-0.05, 0) is 39.0 Å². The molecule has 17 heavy (non-hydrogen) atoms. The van der Waals surface area contributed by atoms with Crippen molar-refractivity contribution in [2.24, 2.45) is 0 Å². The standard InChI is InChI=1S/C12H15Cl2NO2/c1-12(2,3)17-7-11(16)15-10-6-8(13)4-5-9(10)14/h4-6H,7H2,1-3H3,(H,15,16). The maximum Gasteiger partial charge on any atom is 0.250 e. The summed E-state index contributed by atoms with van der Waals surface area (Å²) in [5, 5.41) is 3.60. The summed E-state index contributed by atoms with van der Waals surface area (Å²) in [7, 11) is 0. The zero-order chi connectivity index (χ0) is 13.1. The lowest BCUT2D eigenvalue weighted by atomic mass is 10.2. The van der Waals surface area contributed by atoms with Crippen LogP contribution in [-0.4, -0.2) is 18.1 Å². The number of hydrogen-bond donors (Lipinski definition) is 1. The summed E-state index contributed by atoms with van der Waals surface area (Å²) in [4.78, 5) is 11.6. The predicted molar refractivity (Wildman–Crippen MR) is 70.8 cm³/mol. The van der Waals surface area contributed by atoms with Gasteiger partial charge in [-0.25, -0.2) is 0 Å². The summed E-state index contributed by atoms with van der Waals surface area (Å²) in [6.45, 7) is 5.62. The molecule has 0 aliphatic carbocycles. The van der Waals surface area contributed by atoms with E-state index in [4.69, 9.17) is 27.9 Å². The average Bonchev–Trinajstić information content (AvgIpc) is 2.20. The number of carbonyl (C=O) groups excluding carboxylic acids is 1. The van der Waals surface area contributed by atoms with E-state index in [-0.39, 0.29) is 18.1 Å². The van der Waals surface area contributed by atoms with Crippen LogP contribution in [0.5, 0.6) is 0 Å². The van der Waals surface area contributed by atoms with Crippen molar-refractivity contribution < 1.29 is 9.53 Å². The Morgan fingerprint density at radius 2 is 2.00 bits per heavy atom. The molecule has 1 aromatic carbocycles. The molecule has 0 aliphatic rings. The Morgan fingerprint density at radius 1 is 1.35 bits per heavy atom. The van der Waals surface area contributed by atoms with E-state index in [2.05, 4.69) is 5.32 Å². The van der Waals surface area contributed by atoms with Gasteiger partial charge >= 0.3 is 0 Å². The summed E-state index contributed by atoms with van der Waals surface area (Å²) in [5.74, 6) is -0.260. The molecule has 0 bridgehead atoms. The molecule has 1 rings (SSSR count). The largest absolute Gasteiger partial charge is 0.366 e. The average molecular weight is 276 g/mol. The van der Waals surface area contributed by atoms with Crippen molar-refractivity contribution in [2.45, 2.75) is 26.4 Å².